The third kappa shape index (κ3) is 7.02. The first kappa shape index (κ1) is 19.7. The van der Waals surface area contributed by atoms with Gasteiger partial charge in [0, 0.05) is 0 Å². The molecular formula is C20H18N2O5. The summed E-state index contributed by atoms with van der Waals surface area (Å²) in [6.07, 6.45) is 4.38. The first-order valence-corrected chi connectivity index (χ1v) is 8.35. The molecule has 0 N–H and O–H groups in total. The van der Waals surface area contributed by atoms with Crippen LogP contribution < -0.4 is 9.47 Å². The lowest BCUT2D eigenvalue weighted by Gasteiger charge is -2.11. The molecule has 7 heteroatoms. The third-order valence-corrected chi connectivity index (χ3v) is 3.54. The quantitative estimate of drug-likeness (QED) is 0.159. The second-order valence-corrected chi connectivity index (χ2v) is 5.48. The summed E-state index contributed by atoms with van der Waals surface area (Å²) in [4.78, 5) is 26.2. The number of nitriles is 1. The van der Waals surface area contributed by atoms with Gasteiger partial charge in [-0.2, -0.15) is 10.3 Å². The molecule has 0 aromatic heterocycles. The average Bonchev–Trinajstić information content (AvgIpc) is 2.69. The number of hydrogen-bond acceptors (Lipinski definition) is 7. The molecule has 0 amide bonds. The Morgan fingerprint density at radius 1 is 1.00 bits per heavy atom. The lowest BCUT2D eigenvalue weighted by molar-refractivity contribution is -0.135. The van der Waals surface area contributed by atoms with Crippen LogP contribution in [0.1, 0.15) is 19.3 Å². The number of rotatable bonds is 10. The van der Waals surface area contributed by atoms with E-state index in [1.807, 2.05) is 30.3 Å². The first-order valence-electron chi connectivity index (χ1n) is 8.35. The molecule has 1 atom stereocenters. The second kappa shape index (κ2) is 11.1. The highest BCUT2D eigenvalue weighted by atomic mass is 16.5. The van der Waals surface area contributed by atoms with Gasteiger partial charge in [0.2, 0.25) is 6.08 Å². The van der Waals surface area contributed by atoms with E-state index < -0.39 is 12.0 Å². The van der Waals surface area contributed by atoms with Gasteiger partial charge in [-0.15, -0.1) is 0 Å². The van der Waals surface area contributed by atoms with Gasteiger partial charge in [-0.1, -0.05) is 18.2 Å². The summed E-state index contributed by atoms with van der Waals surface area (Å²) in [5.41, 5.74) is 0. The fourth-order valence-corrected chi connectivity index (χ4v) is 2.24. The smallest absolute Gasteiger partial charge is 0.337 e. The maximum atomic E-state index is 12.2. The third-order valence-electron chi connectivity index (χ3n) is 3.54. The first-order chi connectivity index (χ1) is 13.2. The topological polar surface area (TPSA) is 98.0 Å². The SMILES string of the molecule is N#COCCCCC(N=C=O)C(=O)Oc1ccc(Oc2ccccc2)cc1. The molecule has 0 aliphatic rings. The average molecular weight is 366 g/mol. The standard InChI is InChI=1S/C20H18N2O5/c21-14-25-13-5-4-8-19(22-15-23)20(24)27-18-11-9-17(10-12-18)26-16-6-2-1-3-7-16/h1-3,6-7,9-12,19H,4-5,8,13H2. The van der Waals surface area contributed by atoms with Crippen LogP contribution in [0.3, 0.4) is 0 Å². The largest absolute Gasteiger partial charge is 0.457 e. The number of benzene rings is 2. The van der Waals surface area contributed by atoms with Crippen LogP contribution in [0.5, 0.6) is 17.2 Å². The number of carbonyl (C=O) groups is 1. The predicted molar refractivity (Wildman–Crippen MR) is 95.9 cm³/mol. The number of esters is 1. The summed E-state index contributed by atoms with van der Waals surface area (Å²) in [6, 6.07) is 14.9. The molecule has 138 valence electrons. The molecule has 0 saturated carbocycles. The number of nitrogens with zero attached hydrogens (tertiary/aromatic N) is 2. The molecule has 0 aliphatic heterocycles. The van der Waals surface area contributed by atoms with Crippen molar-refractivity contribution in [3.05, 3.63) is 54.6 Å². The minimum atomic E-state index is -0.940. The minimum Gasteiger partial charge on any atom is -0.457 e. The Hall–Kier alpha value is -3.62. The minimum absolute atomic E-state index is 0.256. The molecule has 2 aromatic rings. The van der Waals surface area contributed by atoms with Gasteiger partial charge >= 0.3 is 5.97 Å². The van der Waals surface area contributed by atoms with E-state index in [0.717, 1.165) is 0 Å². The molecule has 0 bridgehead atoms. The van der Waals surface area contributed by atoms with Crippen LogP contribution in [-0.4, -0.2) is 24.7 Å². The van der Waals surface area contributed by atoms with E-state index >= 15 is 0 Å². The van der Waals surface area contributed by atoms with Crippen LogP contribution in [0, 0.1) is 11.5 Å². The molecular weight excluding hydrogens is 348 g/mol. The molecule has 0 radical (unpaired) electrons. The fraction of sp³-hybridized carbons (Fsp3) is 0.250. The van der Waals surface area contributed by atoms with Crippen molar-refractivity contribution in [3.63, 3.8) is 0 Å². The van der Waals surface area contributed by atoms with Crippen molar-refractivity contribution < 1.29 is 23.8 Å². The van der Waals surface area contributed by atoms with E-state index in [-0.39, 0.29) is 6.61 Å². The Labute approximate surface area is 156 Å². The van der Waals surface area contributed by atoms with Gasteiger partial charge in [0.15, 0.2) is 6.04 Å². The number of para-hydroxylation sites is 1. The monoisotopic (exact) mass is 366 g/mol. The Morgan fingerprint density at radius 2 is 1.67 bits per heavy atom. The van der Waals surface area contributed by atoms with E-state index in [0.29, 0.717) is 36.5 Å². The van der Waals surface area contributed by atoms with Crippen LogP contribution >= 0.6 is 0 Å². The normalized spacial score (nSPS) is 10.8. The lowest BCUT2D eigenvalue weighted by Crippen LogP contribution is -2.24. The van der Waals surface area contributed by atoms with Crippen LogP contribution in [0.25, 0.3) is 0 Å². The lowest BCUT2D eigenvalue weighted by atomic mass is 10.1. The van der Waals surface area contributed by atoms with Gasteiger partial charge in [-0.05, 0) is 55.7 Å². The molecule has 2 rings (SSSR count). The number of aliphatic imine (C=N–C) groups is 1. The number of carbonyl (C=O) groups excluding carboxylic acids is 2. The van der Waals surface area contributed by atoms with Crippen LogP contribution in [0.15, 0.2) is 59.6 Å². The summed E-state index contributed by atoms with van der Waals surface area (Å²) in [5.74, 6) is 0.972. The van der Waals surface area contributed by atoms with E-state index in [2.05, 4.69) is 9.73 Å². The molecule has 0 spiro atoms. The molecule has 27 heavy (non-hydrogen) atoms. The van der Waals surface area contributed by atoms with Crippen molar-refractivity contribution in [3.8, 4) is 23.5 Å². The predicted octanol–water partition coefficient (Wildman–Crippen LogP) is 3.76. The number of hydrogen-bond donors (Lipinski definition) is 0. The fourth-order valence-electron chi connectivity index (χ4n) is 2.24. The Balaban J connectivity index is 1.88. The summed E-state index contributed by atoms with van der Waals surface area (Å²) in [6.45, 7) is 0.256. The van der Waals surface area contributed by atoms with Crippen molar-refractivity contribution in [2.45, 2.75) is 25.3 Å². The van der Waals surface area contributed by atoms with Gasteiger partial charge in [-0.25, -0.2) is 9.59 Å². The van der Waals surface area contributed by atoms with E-state index in [9.17, 15) is 9.59 Å². The summed E-state index contributed by atoms with van der Waals surface area (Å²) in [7, 11) is 0. The van der Waals surface area contributed by atoms with Crippen molar-refractivity contribution in [2.24, 2.45) is 4.99 Å². The van der Waals surface area contributed by atoms with Crippen molar-refractivity contribution >= 4 is 12.0 Å². The molecule has 1 unspecified atom stereocenters. The van der Waals surface area contributed by atoms with Crippen molar-refractivity contribution in [1.82, 2.24) is 0 Å². The zero-order chi connectivity index (χ0) is 19.3. The molecule has 2 aromatic carbocycles. The number of ether oxygens (including phenoxy) is 3. The van der Waals surface area contributed by atoms with Gasteiger partial charge in [0.1, 0.15) is 23.9 Å². The van der Waals surface area contributed by atoms with Crippen LogP contribution in [-0.2, 0) is 14.3 Å². The maximum absolute atomic E-state index is 12.2. The number of isocyanates is 1. The Kier molecular flexibility index (Phi) is 8.09. The summed E-state index contributed by atoms with van der Waals surface area (Å²) in [5, 5.41) is 8.29. The maximum Gasteiger partial charge on any atom is 0.337 e. The van der Waals surface area contributed by atoms with Gasteiger partial charge in [0.05, 0.1) is 0 Å². The van der Waals surface area contributed by atoms with E-state index in [1.165, 1.54) is 6.08 Å². The van der Waals surface area contributed by atoms with Crippen LogP contribution in [0.4, 0.5) is 0 Å². The molecule has 0 aliphatic carbocycles. The summed E-state index contributed by atoms with van der Waals surface area (Å²) >= 11 is 0. The molecule has 7 nitrogen and oxygen atoms in total. The highest BCUT2D eigenvalue weighted by molar-refractivity contribution is 5.79. The van der Waals surface area contributed by atoms with Crippen LogP contribution in [0.2, 0.25) is 0 Å². The highest BCUT2D eigenvalue weighted by Gasteiger charge is 2.19. The second-order valence-electron chi connectivity index (χ2n) is 5.48. The number of unbranched alkanes of at least 4 members (excludes halogenated alkanes) is 1. The van der Waals surface area contributed by atoms with E-state index in [1.54, 1.807) is 30.5 Å². The Morgan fingerprint density at radius 3 is 2.33 bits per heavy atom. The van der Waals surface area contributed by atoms with Gasteiger partial charge in [0.25, 0.3) is 6.26 Å². The zero-order valence-corrected chi connectivity index (χ0v) is 14.5. The van der Waals surface area contributed by atoms with E-state index in [4.69, 9.17) is 14.7 Å². The molecule has 0 fully saturated rings. The molecule has 0 saturated heterocycles. The van der Waals surface area contributed by atoms with Crippen molar-refractivity contribution in [1.29, 1.82) is 5.26 Å². The zero-order valence-electron chi connectivity index (χ0n) is 14.5. The Bertz CT molecular complexity index is 809. The summed E-state index contributed by atoms with van der Waals surface area (Å²) < 4.78 is 15.5. The molecule has 0 heterocycles. The highest BCUT2D eigenvalue weighted by Crippen LogP contribution is 2.24. The van der Waals surface area contributed by atoms with Crippen molar-refractivity contribution in [2.75, 3.05) is 6.61 Å². The van der Waals surface area contributed by atoms with Gasteiger partial charge in [-0.3, -0.25) is 0 Å². The van der Waals surface area contributed by atoms with Gasteiger partial charge < -0.3 is 14.2 Å².